The summed E-state index contributed by atoms with van der Waals surface area (Å²) in [5, 5.41) is 1.20. The summed E-state index contributed by atoms with van der Waals surface area (Å²) < 4.78 is 0. The van der Waals surface area contributed by atoms with E-state index in [0.29, 0.717) is 0 Å². The Bertz CT molecular complexity index is 320. The lowest BCUT2D eigenvalue weighted by atomic mass is 10.2. The van der Waals surface area contributed by atoms with Gasteiger partial charge in [-0.2, -0.15) is 0 Å². The number of carbonyl (C=O) groups is 1. The Labute approximate surface area is 105 Å². The van der Waals surface area contributed by atoms with Crippen LogP contribution in [0.1, 0.15) is 34.6 Å². The molecule has 2 aromatic rings. The molecule has 0 saturated heterocycles. The van der Waals surface area contributed by atoms with Gasteiger partial charge in [0.15, 0.2) is 0 Å². The summed E-state index contributed by atoms with van der Waals surface area (Å²) in [6.45, 7) is 9.44. The highest BCUT2D eigenvalue weighted by Gasteiger charge is 1.86. The topological polar surface area (TPSA) is 30.0 Å². The van der Waals surface area contributed by atoms with Gasteiger partial charge in [-0.3, -0.25) is 4.98 Å². The molecule has 1 aromatic carbocycles. The van der Waals surface area contributed by atoms with Crippen molar-refractivity contribution in [2.75, 3.05) is 0 Å². The van der Waals surface area contributed by atoms with Gasteiger partial charge in [0.2, 0.25) is 0 Å². The van der Waals surface area contributed by atoms with Crippen LogP contribution in [0.5, 0.6) is 0 Å². The summed E-state index contributed by atoms with van der Waals surface area (Å²) in [5.41, 5.74) is 1.06. The van der Waals surface area contributed by atoms with Crippen molar-refractivity contribution in [2.24, 2.45) is 0 Å². The second kappa shape index (κ2) is 14.3. The van der Waals surface area contributed by atoms with Crippen molar-refractivity contribution >= 4 is 17.2 Å². The number of benzene rings is 1. The van der Waals surface area contributed by atoms with E-state index < -0.39 is 0 Å². The molecule has 17 heavy (non-hydrogen) atoms. The van der Waals surface area contributed by atoms with Crippen LogP contribution in [-0.4, -0.2) is 11.3 Å². The highest BCUT2D eigenvalue weighted by Crippen LogP contribution is 2.07. The van der Waals surface area contributed by atoms with Gasteiger partial charge in [-0.1, -0.05) is 52.0 Å². The summed E-state index contributed by atoms with van der Waals surface area (Å²) >= 11 is 0. The van der Waals surface area contributed by atoms with Crippen molar-refractivity contribution < 1.29 is 4.79 Å². The molecule has 0 aliphatic carbocycles. The Balaban J connectivity index is 0. The first-order valence-corrected chi connectivity index (χ1v) is 6.08. The van der Waals surface area contributed by atoms with E-state index in [1.807, 2.05) is 58.2 Å². The monoisotopic (exact) mass is 233 g/mol. The molecule has 0 radical (unpaired) electrons. The summed E-state index contributed by atoms with van der Waals surface area (Å²) in [4.78, 5) is 13.0. The van der Waals surface area contributed by atoms with E-state index >= 15 is 0 Å². The third kappa shape index (κ3) is 8.14. The molecule has 0 N–H and O–H groups in total. The largest absolute Gasteiger partial charge is 0.304 e. The molecule has 0 atom stereocenters. The second-order valence-electron chi connectivity index (χ2n) is 2.43. The predicted octanol–water partition coefficient (Wildman–Crippen LogP) is 4.49. The first kappa shape index (κ1) is 17.7. The fourth-order valence-electron chi connectivity index (χ4n) is 1.02. The van der Waals surface area contributed by atoms with E-state index in [4.69, 9.17) is 4.79 Å². The fourth-order valence-corrected chi connectivity index (χ4v) is 1.02. The standard InChI is InChI=1S/C9H7N.C2H4O.2C2H6/c1-2-6-9-8(4-1)5-3-7-10-9;1-2-3;2*1-2/h1-7H;2H,1H3;2*1-2H3. The van der Waals surface area contributed by atoms with Crippen LogP contribution in [0.4, 0.5) is 0 Å². The zero-order chi connectivity index (χ0) is 13.5. The van der Waals surface area contributed by atoms with Gasteiger partial charge in [0.25, 0.3) is 0 Å². The van der Waals surface area contributed by atoms with Crippen LogP contribution in [0.25, 0.3) is 10.9 Å². The lowest BCUT2D eigenvalue weighted by Gasteiger charge is -1.91. The Morgan fingerprint density at radius 2 is 1.41 bits per heavy atom. The molecule has 2 rings (SSSR count). The highest BCUT2D eigenvalue weighted by atomic mass is 16.1. The Morgan fingerprint density at radius 3 is 1.94 bits per heavy atom. The zero-order valence-electron chi connectivity index (χ0n) is 11.5. The van der Waals surface area contributed by atoms with Crippen LogP contribution in [0.2, 0.25) is 0 Å². The number of para-hydroxylation sites is 1. The van der Waals surface area contributed by atoms with Gasteiger partial charge in [0, 0.05) is 11.6 Å². The number of aldehydes is 1. The number of nitrogens with zero attached hydrogens (tertiary/aromatic N) is 1. The van der Waals surface area contributed by atoms with Gasteiger partial charge in [0.05, 0.1) is 5.52 Å². The molecule has 2 heteroatoms. The van der Waals surface area contributed by atoms with Gasteiger partial charge in [-0.15, -0.1) is 0 Å². The van der Waals surface area contributed by atoms with Gasteiger partial charge < -0.3 is 4.79 Å². The normalized spacial score (nSPS) is 7.35. The van der Waals surface area contributed by atoms with Crippen molar-refractivity contribution in [2.45, 2.75) is 34.6 Å². The van der Waals surface area contributed by atoms with Gasteiger partial charge in [-0.25, -0.2) is 0 Å². The number of pyridine rings is 1. The molecule has 0 unspecified atom stereocenters. The average molecular weight is 233 g/mol. The number of hydrogen-bond donors (Lipinski definition) is 0. The van der Waals surface area contributed by atoms with Gasteiger partial charge in [-0.05, 0) is 19.1 Å². The third-order valence-electron chi connectivity index (χ3n) is 1.51. The van der Waals surface area contributed by atoms with E-state index in [1.54, 1.807) is 0 Å². The summed E-state index contributed by atoms with van der Waals surface area (Å²) in [7, 11) is 0. The molecule has 0 spiro atoms. The van der Waals surface area contributed by atoms with Crippen LogP contribution in [0, 0.1) is 0 Å². The van der Waals surface area contributed by atoms with Crippen molar-refractivity contribution in [1.29, 1.82) is 0 Å². The maximum atomic E-state index is 8.81. The number of fused-ring (bicyclic) bond motifs is 1. The van der Waals surface area contributed by atoms with Crippen molar-refractivity contribution in [1.82, 2.24) is 4.98 Å². The Kier molecular flexibility index (Phi) is 14.9. The van der Waals surface area contributed by atoms with Crippen molar-refractivity contribution in [3.63, 3.8) is 0 Å². The SMILES string of the molecule is CC.CC.CC=O.c1ccc2ncccc2c1. The first-order valence-electron chi connectivity index (χ1n) is 6.08. The van der Waals surface area contributed by atoms with E-state index in [0.717, 1.165) is 11.8 Å². The molecule has 1 aromatic heterocycles. The lowest BCUT2D eigenvalue weighted by Crippen LogP contribution is -1.73. The average Bonchev–Trinajstić information content (AvgIpc) is 2.44. The zero-order valence-corrected chi connectivity index (χ0v) is 11.5. The Hall–Kier alpha value is -1.70. The molecule has 0 fully saturated rings. The molecular formula is C15H23NO. The minimum Gasteiger partial charge on any atom is -0.304 e. The Morgan fingerprint density at radius 1 is 0.941 bits per heavy atom. The van der Waals surface area contributed by atoms with Crippen molar-refractivity contribution in [3.8, 4) is 0 Å². The molecule has 94 valence electrons. The van der Waals surface area contributed by atoms with Crippen molar-refractivity contribution in [3.05, 3.63) is 42.6 Å². The number of hydrogen-bond acceptors (Lipinski definition) is 2. The summed E-state index contributed by atoms with van der Waals surface area (Å²) in [6, 6.07) is 12.1. The highest BCUT2D eigenvalue weighted by molar-refractivity contribution is 5.77. The first-order chi connectivity index (χ1) is 8.38. The molecule has 0 bridgehead atoms. The second-order valence-corrected chi connectivity index (χ2v) is 2.43. The molecule has 0 aliphatic rings. The number of carbonyl (C=O) groups excluding carboxylic acids is 1. The molecule has 2 nitrogen and oxygen atoms in total. The minimum absolute atomic E-state index is 0.750. The molecule has 0 amide bonds. The lowest BCUT2D eigenvalue weighted by molar-refractivity contribution is -0.106. The predicted molar refractivity (Wildman–Crippen MR) is 76.2 cm³/mol. The maximum absolute atomic E-state index is 8.81. The van der Waals surface area contributed by atoms with Gasteiger partial charge in [0.1, 0.15) is 6.29 Å². The van der Waals surface area contributed by atoms with Crippen LogP contribution >= 0.6 is 0 Å². The van der Waals surface area contributed by atoms with Crippen LogP contribution in [0.15, 0.2) is 42.6 Å². The van der Waals surface area contributed by atoms with Crippen LogP contribution in [-0.2, 0) is 4.79 Å². The summed E-state index contributed by atoms with van der Waals surface area (Å²) in [6.07, 6.45) is 2.56. The molecule has 1 heterocycles. The number of aromatic nitrogens is 1. The smallest absolute Gasteiger partial charge is 0.116 e. The molecular weight excluding hydrogens is 210 g/mol. The summed E-state index contributed by atoms with van der Waals surface area (Å²) in [5.74, 6) is 0. The van der Waals surface area contributed by atoms with Gasteiger partial charge >= 0.3 is 0 Å². The quantitative estimate of drug-likeness (QED) is 0.627. The molecule has 0 aliphatic heterocycles. The fraction of sp³-hybridized carbons (Fsp3) is 0.333. The maximum Gasteiger partial charge on any atom is 0.116 e. The van der Waals surface area contributed by atoms with Crippen LogP contribution in [0.3, 0.4) is 0 Å². The van der Waals surface area contributed by atoms with E-state index in [9.17, 15) is 0 Å². The van der Waals surface area contributed by atoms with E-state index in [2.05, 4.69) is 17.1 Å². The number of rotatable bonds is 0. The minimum atomic E-state index is 0.750. The van der Waals surface area contributed by atoms with Crippen LogP contribution < -0.4 is 0 Å². The van der Waals surface area contributed by atoms with E-state index in [1.165, 1.54) is 12.3 Å². The third-order valence-corrected chi connectivity index (χ3v) is 1.51. The molecule has 0 saturated carbocycles. The van der Waals surface area contributed by atoms with E-state index in [-0.39, 0.29) is 0 Å².